The summed E-state index contributed by atoms with van der Waals surface area (Å²) in [6.07, 6.45) is 5.64. The highest BCUT2D eigenvalue weighted by Gasteiger charge is 2.59. The highest BCUT2D eigenvalue weighted by Crippen LogP contribution is 2.59. The Kier molecular flexibility index (Phi) is 3.83. The molecule has 1 aliphatic heterocycles. The van der Waals surface area contributed by atoms with Crippen LogP contribution in [0, 0.1) is 23.2 Å². The minimum Gasteiger partial charge on any atom is -0.353 e. The first-order chi connectivity index (χ1) is 9.81. The molecule has 3 aliphatic rings. The Labute approximate surface area is 128 Å². The maximum Gasteiger partial charge on any atom is 0.223 e. The molecule has 2 saturated carbocycles. The zero-order valence-corrected chi connectivity index (χ0v) is 13.9. The van der Waals surface area contributed by atoms with Crippen LogP contribution in [0.25, 0.3) is 0 Å². The smallest absolute Gasteiger partial charge is 0.223 e. The molecule has 0 bridgehead atoms. The molecule has 3 rings (SSSR count). The molecule has 3 fully saturated rings. The lowest BCUT2D eigenvalue weighted by Crippen LogP contribution is -2.41. The zero-order chi connectivity index (χ0) is 15.3. The SMILES string of the molecule is C[C@@H]1CC[C@H](NC(=O)[C@H]2CC23CCS(=O)(=O)CC3)C[C@@H]1C. The van der Waals surface area contributed by atoms with Crippen LogP contribution in [0.3, 0.4) is 0 Å². The molecule has 4 atom stereocenters. The van der Waals surface area contributed by atoms with Gasteiger partial charge < -0.3 is 5.32 Å². The van der Waals surface area contributed by atoms with Gasteiger partial charge in [-0.1, -0.05) is 13.8 Å². The summed E-state index contributed by atoms with van der Waals surface area (Å²) in [6, 6.07) is 0.327. The standard InChI is InChI=1S/C16H27NO3S/c1-11-3-4-13(9-12(11)2)17-15(18)14-10-16(14)5-7-21(19,20)8-6-16/h11-14H,3-10H2,1-2H3,(H,17,18)/t11-,12+,13+,14-/m1/s1. The van der Waals surface area contributed by atoms with E-state index in [0.29, 0.717) is 24.8 Å². The number of nitrogens with one attached hydrogen (secondary N) is 1. The normalized spacial score (nSPS) is 40.7. The Morgan fingerprint density at radius 3 is 2.38 bits per heavy atom. The van der Waals surface area contributed by atoms with Crippen molar-refractivity contribution < 1.29 is 13.2 Å². The van der Waals surface area contributed by atoms with E-state index in [9.17, 15) is 13.2 Å². The second kappa shape index (κ2) is 5.25. The number of amides is 1. The van der Waals surface area contributed by atoms with Gasteiger partial charge in [-0.05, 0) is 55.8 Å². The van der Waals surface area contributed by atoms with Crippen molar-refractivity contribution >= 4 is 15.7 Å². The van der Waals surface area contributed by atoms with Gasteiger partial charge in [0, 0.05) is 12.0 Å². The van der Waals surface area contributed by atoms with Crippen LogP contribution in [0.5, 0.6) is 0 Å². The first kappa shape index (κ1) is 15.3. The van der Waals surface area contributed by atoms with Crippen LogP contribution in [0.2, 0.25) is 0 Å². The van der Waals surface area contributed by atoms with Gasteiger partial charge in [-0.25, -0.2) is 8.42 Å². The summed E-state index contributed by atoms with van der Waals surface area (Å²) in [5, 5.41) is 3.24. The summed E-state index contributed by atoms with van der Waals surface area (Å²) in [5.41, 5.74) is 0.0168. The van der Waals surface area contributed by atoms with Crippen LogP contribution in [-0.4, -0.2) is 31.9 Å². The number of rotatable bonds is 2. The van der Waals surface area contributed by atoms with Gasteiger partial charge >= 0.3 is 0 Å². The van der Waals surface area contributed by atoms with Crippen LogP contribution < -0.4 is 5.32 Å². The number of hydrogen-bond donors (Lipinski definition) is 1. The molecule has 0 radical (unpaired) electrons. The predicted octanol–water partition coefficient (Wildman–Crippen LogP) is 2.14. The fourth-order valence-corrected chi connectivity index (χ4v) is 5.84. The van der Waals surface area contributed by atoms with Crippen molar-refractivity contribution in [2.75, 3.05) is 11.5 Å². The second-order valence-electron chi connectivity index (χ2n) is 7.74. The average molecular weight is 313 g/mol. The molecule has 1 N–H and O–H groups in total. The van der Waals surface area contributed by atoms with Crippen LogP contribution >= 0.6 is 0 Å². The third-order valence-electron chi connectivity index (χ3n) is 6.27. The Balaban J connectivity index is 1.52. The third kappa shape index (κ3) is 3.13. The monoisotopic (exact) mass is 313 g/mol. The quantitative estimate of drug-likeness (QED) is 0.849. The predicted molar refractivity (Wildman–Crippen MR) is 82.5 cm³/mol. The van der Waals surface area contributed by atoms with Crippen LogP contribution in [-0.2, 0) is 14.6 Å². The van der Waals surface area contributed by atoms with Gasteiger partial charge in [0.15, 0.2) is 0 Å². The first-order valence-electron chi connectivity index (χ1n) is 8.32. The molecule has 4 nitrogen and oxygen atoms in total. The molecule has 0 aromatic carbocycles. The third-order valence-corrected chi connectivity index (χ3v) is 7.92. The van der Waals surface area contributed by atoms with Gasteiger partial charge in [0.2, 0.25) is 5.91 Å². The highest BCUT2D eigenvalue weighted by atomic mass is 32.2. The fourth-order valence-electron chi connectivity index (χ4n) is 4.20. The van der Waals surface area contributed by atoms with Crippen molar-refractivity contribution in [3.63, 3.8) is 0 Å². The lowest BCUT2D eigenvalue weighted by atomic mass is 9.79. The molecular formula is C16H27NO3S. The number of carbonyl (C=O) groups excluding carboxylic acids is 1. The number of sulfone groups is 1. The van der Waals surface area contributed by atoms with Crippen molar-refractivity contribution in [3.05, 3.63) is 0 Å². The lowest BCUT2D eigenvalue weighted by Gasteiger charge is -2.33. The van der Waals surface area contributed by atoms with E-state index in [1.807, 2.05) is 0 Å². The Morgan fingerprint density at radius 2 is 1.76 bits per heavy atom. The molecule has 21 heavy (non-hydrogen) atoms. The van der Waals surface area contributed by atoms with Gasteiger partial charge in [-0.2, -0.15) is 0 Å². The molecular weight excluding hydrogens is 286 g/mol. The van der Waals surface area contributed by atoms with Crippen LogP contribution in [0.1, 0.15) is 52.4 Å². The van der Waals surface area contributed by atoms with E-state index in [-0.39, 0.29) is 28.7 Å². The van der Waals surface area contributed by atoms with Gasteiger partial charge in [0.25, 0.3) is 0 Å². The van der Waals surface area contributed by atoms with Crippen LogP contribution in [0.15, 0.2) is 0 Å². The lowest BCUT2D eigenvalue weighted by molar-refractivity contribution is -0.124. The summed E-state index contributed by atoms with van der Waals surface area (Å²) in [4.78, 5) is 12.4. The van der Waals surface area contributed by atoms with E-state index in [2.05, 4.69) is 19.2 Å². The second-order valence-corrected chi connectivity index (χ2v) is 10.0. The molecule has 5 heteroatoms. The van der Waals surface area contributed by atoms with Gasteiger partial charge in [-0.15, -0.1) is 0 Å². The Hall–Kier alpha value is -0.580. The van der Waals surface area contributed by atoms with Crippen molar-refractivity contribution in [1.29, 1.82) is 0 Å². The topological polar surface area (TPSA) is 63.2 Å². The summed E-state index contributed by atoms with van der Waals surface area (Å²) in [6.45, 7) is 4.56. The van der Waals surface area contributed by atoms with E-state index in [1.54, 1.807) is 0 Å². The molecule has 1 saturated heterocycles. The van der Waals surface area contributed by atoms with E-state index in [0.717, 1.165) is 25.2 Å². The highest BCUT2D eigenvalue weighted by molar-refractivity contribution is 7.91. The average Bonchev–Trinajstić information content (AvgIpc) is 3.13. The molecule has 1 amide bonds. The summed E-state index contributed by atoms with van der Waals surface area (Å²) < 4.78 is 23.1. The Morgan fingerprint density at radius 1 is 1.10 bits per heavy atom. The largest absolute Gasteiger partial charge is 0.353 e. The Bertz CT molecular complexity index is 514. The van der Waals surface area contributed by atoms with E-state index >= 15 is 0 Å². The van der Waals surface area contributed by atoms with E-state index in [1.165, 1.54) is 6.42 Å². The number of hydrogen-bond acceptors (Lipinski definition) is 3. The molecule has 2 aliphatic carbocycles. The van der Waals surface area contributed by atoms with Crippen molar-refractivity contribution in [2.24, 2.45) is 23.2 Å². The molecule has 0 unspecified atom stereocenters. The van der Waals surface area contributed by atoms with E-state index < -0.39 is 9.84 Å². The molecule has 1 heterocycles. The summed E-state index contributed by atoms with van der Waals surface area (Å²) in [7, 11) is -2.84. The van der Waals surface area contributed by atoms with Crippen LogP contribution in [0.4, 0.5) is 0 Å². The molecule has 0 aromatic heterocycles. The summed E-state index contributed by atoms with van der Waals surface area (Å²) in [5.74, 6) is 2.23. The maximum absolute atomic E-state index is 12.4. The molecule has 120 valence electrons. The fraction of sp³-hybridized carbons (Fsp3) is 0.938. The van der Waals surface area contributed by atoms with Crippen molar-refractivity contribution in [1.82, 2.24) is 5.32 Å². The van der Waals surface area contributed by atoms with Crippen molar-refractivity contribution in [2.45, 2.75) is 58.4 Å². The minimum atomic E-state index is -2.84. The van der Waals surface area contributed by atoms with E-state index in [4.69, 9.17) is 0 Å². The zero-order valence-electron chi connectivity index (χ0n) is 13.1. The minimum absolute atomic E-state index is 0.0168. The van der Waals surface area contributed by atoms with Gasteiger partial charge in [0.05, 0.1) is 11.5 Å². The summed E-state index contributed by atoms with van der Waals surface area (Å²) >= 11 is 0. The molecule has 0 aromatic rings. The van der Waals surface area contributed by atoms with Gasteiger partial charge in [0.1, 0.15) is 9.84 Å². The molecule has 1 spiro atoms. The first-order valence-corrected chi connectivity index (χ1v) is 10.1. The van der Waals surface area contributed by atoms with Crippen molar-refractivity contribution in [3.8, 4) is 0 Å². The van der Waals surface area contributed by atoms with Gasteiger partial charge in [-0.3, -0.25) is 4.79 Å². The maximum atomic E-state index is 12.4. The number of carbonyl (C=O) groups is 1.